The van der Waals surface area contributed by atoms with Gasteiger partial charge in [-0.2, -0.15) is 0 Å². The third-order valence-corrected chi connectivity index (χ3v) is 5.13. The lowest BCUT2D eigenvalue weighted by Crippen LogP contribution is -2.38. The van der Waals surface area contributed by atoms with Crippen LogP contribution in [0.5, 0.6) is 17.2 Å². The number of hydrogen-bond donors (Lipinski definition) is 2. The fourth-order valence-corrected chi connectivity index (χ4v) is 3.54. The van der Waals surface area contributed by atoms with Gasteiger partial charge in [0.25, 0.3) is 0 Å². The van der Waals surface area contributed by atoms with Crippen molar-refractivity contribution in [2.75, 3.05) is 56.5 Å². The lowest BCUT2D eigenvalue weighted by atomic mass is 9.95. The summed E-state index contributed by atoms with van der Waals surface area (Å²) < 4.78 is 16.0. The summed E-state index contributed by atoms with van der Waals surface area (Å²) in [5.41, 5.74) is 0.613. The molecule has 1 aliphatic rings. The van der Waals surface area contributed by atoms with Crippen LogP contribution in [0.2, 0.25) is 0 Å². The number of hydrogen-bond acceptors (Lipinski definition) is 8. The van der Waals surface area contributed by atoms with Crippen LogP contribution in [-0.2, 0) is 4.79 Å². The Balaban J connectivity index is 1.60. The minimum absolute atomic E-state index is 0.0162. The number of carbonyl (C=O) groups excluding carboxylic acids is 1. The number of methoxy groups -OCH3 is 3. The normalized spacial score (nSPS) is 14.2. The number of nitrogens with zero attached hydrogens (tertiary/aromatic N) is 3. The van der Waals surface area contributed by atoms with Crippen LogP contribution >= 0.6 is 0 Å². The predicted molar refractivity (Wildman–Crippen MR) is 116 cm³/mol. The summed E-state index contributed by atoms with van der Waals surface area (Å²) >= 11 is 0. The van der Waals surface area contributed by atoms with Crippen molar-refractivity contribution in [2.24, 2.45) is 5.92 Å². The number of carbonyl (C=O) groups is 1. The monoisotopic (exact) mass is 415 g/mol. The van der Waals surface area contributed by atoms with Crippen molar-refractivity contribution in [1.82, 2.24) is 10.2 Å². The lowest BCUT2D eigenvalue weighted by molar-refractivity contribution is -0.120. The molecular formula is C21H29N5O4. The van der Waals surface area contributed by atoms with Crippen LogP contribution < -0.4 is 29.7 Å². The molecule has 162 valence electrons. The second-order valence-corrected chi connectivity index (χ2v) is 6.97. The highest BCUT2D eigenvalue weighted by atomic mass is 16.5. The van der Waals surface area contributed by atoms with Crippen molar-refractivity contribution < 1.29 is 19.0 Å². The van der Waals surface area contributed by atoms with Crippen molar-refractivity contribution in [3.8, 4) is 17.2 Å². The molecule has 9 nitrogen and oxygen atoms in total. The highest BCUT2D eigenvalue weighted by molar-refractivity contribution is 5.93. The Hall–Kier alpha value is -3.23. The average Bonchev–Trinajstić information content (AvgIpc) is 2.79. The third-order valence-electron chi connectivity index (χ3n) is 5.13. The van der Waals surface area contributed by atoms with E-state index in [1.807, 2.05) is 19.1 Å². The molecular weight excluding hydrogens is 386 g/mol. The first kappa shape index (κ1) is 21.5. The average molecular weight is 415 g/mol. The zero-order chi connectivity index (χ0) is 21.5. The molecule has 9 heteroatoms. The van der Waals surface area contributed by atoms with Gasteiger partial charge in [-0.05, 0) is 31.9 Å². The summed E-state index contributed by atoms with van der Waals surface area (Å²) in [6.07, 6.45) is 1.49. The largest absolute Gasteiger partial charge is 0.493 e. The minimum atomic E-state index is -0.0747. The number of aromatic nitrogens is 2. The first-order valence-corrected chi connectivity index (χ1v) is 10.0. The maximum atomic E-state index is 12.8. The maximum absolute atomic E-state index is 12.8. The molecule has 3 rings (SSSR count). The second kappa shape index (κ2) is 10.00. The van der Waals surface area contributed by atoms with Gasteiger partial charge in [-0.1, -0.05) is 0 Å². The fourth-order valence-electron chi connectivity index (χ4n) is 3.54. The summed E-state index contributed by atoms with van der Waals surface area (Å²) in [6.45, 7) is 4.33. The fraction of sp³-hybridized carbons (Fsp3) is 0.476. The zero-order valence-corrected chi connectivity index (χ0v) is 17.9. The molecule has 1 amide bonds. The molecule has 2 heterocycles. The van der Waals surface area contributed by atoms with Crippen LogP contribution in [-0.4, -0.2) is 57.1 Å². The summed E-state index contributed by atoms with van der Waals surface area (Å²) in [7, 11) is 4.64. The molecule has 1 aliphatic heterocycles. The molecule has 1 saturated heterocycles. The Morgan fingerprint density at radius 3 is 2.23 bits per heavy atom. The van der Waals surface area contributed by atoms with Crippen LogP contribution in [0.1, 0.15) is 19.8 Å². The Morgan fingerprint density at radius 2 is 1.73 bits per heavy atom. The Kier molecular flexibility index (Phi) is 7.16. The van der Waals surface area contributed by atoms with E-state index in [1.54, 1.807) is 33.5 Å². The van der Waals surface area contributed by atoms with Crippen LogP contribution in [0.25, 0.3) is 0 Å². The van der Waals surface area contributed by atoms with Crippen molar-refractivity contribution in [3.63, 3.8) is 0 Å². The smallest absolute Gasteiger partial charge is 0.227 e. The molecule has 2 N–H and O–H groups in total. The molecule has 1 aromatic heterocycles. The van der Waals surface area contributed by atoms with Gasteiger partial charge in [0.1, 0.15) is 5.82 Å². The van der Waals surface area contributed by atoms with Gasteiger partial charge in [0.15, 0.2) is 17.3 Å². The standard InChI is InChI=1S/C21H29N5O4/c1-5-22-18-6-7-19(25-24-18)26-10-8-14(9-11-26)21(27)23-15-12-16(28-2)20(30-4)17(13-15)29-3/h6-7,12-14H,5,8-11H2,1-4H3,(H,22,24)(H,23,27). The number of ether oxygens (including phenoxy) is 3. The van der Waals surface area contributed by atoms with Crippen LogP contribution in [0.15, 0.2) is 24.3 Å². The molecule has 30 heavy (non-hydrogen) atoms. The number of nitrogens with one attached hydrogen (secondary N) is 2. The van der Waals surface area contributed by atoms with Crippen LogP contribution in [0.4, 0.5) is 17.3 Å². The predicted octanol–water partition coefficient (Wildman–Crippen LogP) is 2.79. The van der Waals surface area contributed by atoms with E-state index in [2.05, 4.69) is 25.7 Å². The van der Waals surface area contributed by atoms with E-state index in [-0.39, 0.29) is 11.8 Å². The van der Waals surface area contributed by atoms with Gasteiger partial charge >= 0.3 is 0 Å². The second-order valence-electron chi connectivity index (χ2n) is 6.97. The molecule has 0 atom stereocenters. The quantitative estimate of drug-likeness (QED) is 0.679. The molecule has 0 aliphatic carbocycles. The minimum Gasteiger partial charge on any atom is -0.493 e. The molecule has 0 unspecified atom stereocenters. The Morgan fingerprint density at radius 1 is 1.07 bits per heavy atom. The zero-order valence-electron chi connectivity index (χ0n) is 17.9. The van der Waals surface area contributed by atoms with Crippen LogP contribution in [0.3, 0.4) is 0 Å². The summed E-state index contributed by atoms with van der Waals surface area (Å²) in [5.74, 6) is 3.00. The number of anilines is 3. The van der Waals surface area contributed by atoms with E-state index in [4.69, 9.17) is 14.2 Å². The van der Waals surface area contributed by atoms with Gasteiger partial charge < -0.3 is 29.7 Å². The van der Waals surface area contributed by atoms with E-state index in [1.165, 1.54) is 0 Å². The van der Waals surface area contributed by atoms with Gasteiger partial charge in [0, 0.05) is 43.4 Å². The lowest BCUT2D eigenvalue weighted by Gasteiger charge is -2.31. The summed E-state index contributed by atoms with van der Waals surface area (Å²) in [6, 6.07) is 7.35. The number of benzene rings is 1. The first-order chi connectivity index (χ1) is 14.6. The van der Waals surface area contributed by atoms with E-state index in [0.717, 1.165) is 44.1 Å². The van der Waals surface area contributed by atoms with Gasteiger partial charge in [0.05, 0.1) is 21.3 Å². The molecule has 0 radical (unpaired) electrons. The van der Waals surface area contributed by atoms with Gasteiger partial charge in [-0.15, -0.1) is 10.2 Å². The molecule has 1 fully saturated rings. The summed E-state index contributed by atoms with van der Waals surface area (Å²) in [4.78, 5) is 15.0. The molecule has 1 aromatic carbocycles. The highest BCUT2D eigenvalue weighted by Gasteiger charge is 2.26. The Labute approximate surface area is 176 Å². The first-order valence-electron chi connectivity index (χ1n) is 10.0. The van der Waals surface area contributed by atoms with Gasteiger partial charge in [0.2, 0.25) is 11.7 Å². The highest BCUT2D eigenvalue weighted by Crippen LogP contribution is 2.40. The maximum Gasteiger partial charge on any atom is 0.227 e. The van der Waals surface area contributed by atoms with Gasteiger partial charge in [-0.25, -0.2) is 0 Å². The summed E-state index contributed by atoms with van der Waals surface area (Å²) in [5, 5.41) is 14.6. The van der Waals surface area contributed by atoms with Gasteiger partial charge in [-0.3, -0.25) is 4.79 Å². The molecule has 0 spiro atoms. The Bertz CT molecular complexity index is 826. The third kappa shape index (κ3) is 4.84. The number of amides is 1. The molecule has 0 bridgehead atoms. The molecule has 0 saturated carbocycles. The van der Waals surface area contributed by atoms with E-state index < -0.39 is 0 Å². The van der Waals surface area contributed by atoms with Crippen LogP contribution in [0, 0.1) is 5.92 Å². The van der Waals surface area contributed by atoms with E-state index in [0.29, 0.717) is 22.9 Å². The van der Waals surface area contributed by atoms with Crippen molar-refractivity contribution >= 4 is 23.2 Å². The topological polar surface area (TPSA) is 97.8 Å². The van der Waals surface area contributed by atoms with Crippen molar-refractivity contribution in [2.45, 2.75) is 19.8 Å². The van der Waals surface area contributed by atoms with Crippen molar-refractivity contribution in [3.05, 3.63) is 24.3 Å². The SMILES string of the molecule is CCNc1ccc(N2CCC(C(=O)Nc3cc(OC)c(OC)c(OC)c3)CC2)nn1. The van der Waals surface area contributed by atoms with E-state index >= 15 is 0 Å². The number of rotatable bonds is 8. The van der Waals surface area contributed by atoms with Crippen molar-refractivity contribution in [1.29, 1.82) is 0 Å². The molecule has 2 aromatic rings. The van der Waals surface area contributed by atoms with E-state index in [9.17, 15) is 4.79 Å². The number of piperidine rings is 1.